The van der Waals surface area contributed by atoms with Gasteiger partial charge in [0.15, 0.2) is 0 Å². The van der Waals surface area contributed by atoms with E-state index in [4.69, 9.17) is 10.6 Å². The number of rotatable bonds is 8. The molecule has 3 heteroatoms. The van der Waals surface area contributed by atoms with Gasteiger partial charge in [0, 0.05) is 12.0 Å². The highest BCUT2D eigenvalue weighted by Gasteiger charge is 2.36. The molecule has 1 rings (SSSR count). The Kier molecular flexibility index (Phi) is 6.33. The summed E-state index contributed by atoms with van der Waals surface area (Å²) in [4.78, 5) is 0. The second-order valence-electron chi connectivity index (χ2n) is 4.61. The van der Waals surface area contributed by atoms with Gasteiger partial charge in [-0.3, -0.25) is 11.3 Å². The van der Waals surface area contributed by atoms with Gasteiger partial charge in [-0.1, -0.05) is 44.2 Å². The maximum Gasteiger partial charge on any atom is 0.0641 e. The van der Waals surface area contributed by atoms with Crippen LogP contribution in [0.5, 0.6) is 0 Å². The van der Waals surface area contributed by atoms with Crippen molar-refractivity contribution in [3.05, 3.63) is 35.9 Å². The number of hydrogen-bond donors (Lipinski definition) is 2. The molecule has 0 fully saturated rings. The van der Waals surface area contributed by atoms with Crippen LogP contribution in [0, 0.1) is 0 Å². The van der Waals surface area contributed by atoms with Gasteiger partial charge in [-0.25, -0.2) is 0 Å². The van der Waals surface area contributed by atoms with Crippen LogP contribution in [0.4, 0.5) is 0 Å². The maximum absolute atomic E-state index is 5.76. The molecule has 1 aromatic carbocycles. The van der Waals surface area contributed by atoms with Crippen LogP contribution in [0.1, 0.15) is 39.2 Å². The number of nitrogens with two attached hydrogens (primary N) is 1. The smallest absolute Gasteiger partial charge is 0.0641 e. The molecule has 18 heavy (non-hydrogen) atoms. The van der Waals surface area contributed by atoms with Gasteiger partial charge in [0.05, 0.1) is 12.6 Å². The summed E-state index contributed by atoms with van der Waals surface area (Å²) >= 11 is 0. The van der Waals surface area contributed by atoms with Crippen LogP contribution in [0.2, 0.25) is 0 Å². The lowest BCUT2D eigenvalue weighted by atomic mass is 9.70. The molecule has 3 N–H and O–H groups in total. The van der Waals surface area contributed by atoms with Crippen LogP contribution < -0.4 is 11.3 Å². The first-order valence-corrected chi connectivity index (χ1v) is 6.84. The molecule has 1 unspecified atom stereocenters. The van der Waals surface area contributed by atoms with Crippen molar-refractivity contribution >= 4 is 0 Å². The fraction of sp³-hybridized carbons (Fsp3) is 0.600. The monoisotopic (exact) mass is 250 g/mol. The first-order chi connectivity index (χ1) is 8.75. The van der Waals surface area contributed by atoms with Crippen LogP contribution in [0.25, 0.3) is 0 Å². The van der Waals surface area contributed by atoms with Gasteiger partial charge in [-0.15, -0.1) is 0 Å². The summed E-state index contributed by atoms with van der Waals surface area (Å²) in [7, 11) is 0. The van der Waals surface area contributed by atoms with E-state index in [2.05, 4.69) is 43.5 Å². The van der Waals surface area contributed by atoms with E-state index in [0.717, 1.165) is 19.4 Å². The third-order valence-corrected chi connectivity index (χ3v) is 3.97. The Morgan fingerprint density at radius 2 is 1.78 bits per heavy atom. The number of ether oxygens (including phenoxy) is 1. The zero-order chi connectivity index (χ0) is 13.4. The third-order valence-electron chi connectivity index (χ3n) is 3.97. The summed E-state index contributed by atoms with van der Waals surface area (Å²) in [6.45, 7) is 7.80. The summed E-state index contributed by atoms with van der Waals surface area (Å²) in [6.07, 6.45) is 2.07. The lowest BCUT2D eigenvalue weighted by Gasteiger charge is -2.39. The lowest BCUT2D eigenvalue weighted by molar-refractivity contribution is 0.0881. The van der Waals surface area contributed by atoms with Crippen molar-refractivity contribution < 1.29 is 4.74 Å². The second kappa shape index (κ2) is 7.52. The molecule has 0 aromatic heterocycles. The predicted octanol–water partition coefficient (Wildman–Crippen LogP) is 2.61. The Labute approximate surface area is 111 Å². The average molecular weight is 250 g/mol. The molecule has 0 heterocycles. The first-order valence-electron chi connectivity index (χ1n) is 6.84. The minimum absolute atomic E-state index is 0.0329. The number of benzene rings is 1. The first kappa shape index (κ1) is 15.2. The number of nitrogens with one attached hydrogen (secondary N) is 1. The Hall–Kier alpha value is -0.900. The molecule has 1 aromatic rings. The Morgan fingerprint density at radius 3 is 2.22 bits per heavy atom. The highest BCUT2D eigenvalue weighted by atomic mass is 16.5. The van der Waals surface area contributed by atoms with Crippen LogP contribution in [0.15, 0.2) is 30.3 Å². The van der Waals surface area contributed by atoms with Crippen LogP contribution in [-0.4, -0.2) is 19.3 Å². The van der Waals surface area contributed by atoms with Crippen LogP contribution in [-0.2, 0) is 10.2 Å². The molecule has 0 aliphatic rings. The van der Waals surface area contributed by atoms with Crippen molar-refractivity contribution in [2.24, 2.45) is 5.84 Å². The SMILES string of the molecule is CCOCC(NN)C(CC)(CC)c1ccccc1. The van der Waals surface area contributed by atoms with Crippen molar-refractivity contribution in [3.8, 4) is 0 Å². The Morgan fingerprint density at radius 1 is 1.17 bits per heavy atom. The largest absolute Gasteiger partial charge is 0.380 e. The summed E-state index contributed by atoms with van der Waals surface area (Å²) in [5.74, 6) is 5.76. The van der Waals surface area contributed by atoms with Crippen molar-refractivity contribution in [3.63, 3.8) is 0 Å². The molecule has 0 aliphatic carbocycles. The Balaban J connectivity index is 3.04. The summed E-state index contributed by atoms with van der Waals surface area (Å²) in [6, 6.07) is 10.7. The molecule has 0 amide bonds. The Bertz CT molecular complexity index is 323. The van der Waals surface area contributed by atoms with Gasteiger partial charge in [-0.05, 0) is 25.3 Å². The zero-order valence-electron chi connectivity index (χ0n) is 11.8. The van der Waals surface area contributed by atoms with Gasteiger partial charge in [0.2, 0.25) is 0 Å². The minimum atomic E-state index is 0.0329. The predicted molar refractivity (Wildman–Crippen MR) is 76.3 cm³/mol. The van der Waals surface area contributed by atoms with Gasteiger partial charge < -0.3 is 4.74 Å². The normalized spacial score (nSPS) is 13.6. The molecule has 0 saturated carbocycles. The molecular formula is C15H26N2O. The second-order valence-corrected chi connectivity index (χ2v) is 4.61. The quantitative estimate of drug-likeness (QED) is 0.551. The number of hydrogen-bond acceptors (Lipinski definition) is 3. The van der Waals surface area contributed by atoms with Crippen molar-refractivity contribution in [1.29, 1.82) is 0 Å². The van der Waals surface area contributed by atoms with Crippen LogP contribution in [0.3, 0.4) is 0 Å². The summed E-state index contributed by atoms with van der Waals surface area (Å²) in [5.41, 5.74) is 4.32. The summed E-state index contributed by atoms with van der Waals surface area (Å²) in [5, 5.41) is 0. The molecule has 3 nitrogen and oxygen atoms in total. The van der Waals surface area contributed by atoms with Gasteiger partial charge in [-0.2, -0.15) is 0 Å². The van der Waals surface area contributed by atoms with E-state index in [9.17, 15) is 0 Å². The standard InChI is InChI=1S/C15H26N2O/c1-4-15(5-2,13-10-8-7-9-11-13)14(17-16)12-18-6-3/h7-11,14,17H,4-6,12,16H2,1-3H3. The van der Waals surface area contributed by atoms with Gasteiger partial charge >= 0.3 is 0 Å². The van der Waals surface area contributed by atoms with E-state index in [1.807, 2.05) is 13.0 Å². The molecule has 0 saturated heterocycles. The van der Waals surface area contributed by atoms with E-state index < -0.39 is 0 Å². The minimum Gasteiger partial charge on any atom is -0.380 e. The third kappa shape index (κ3) is 3.10. The van der Waals surface area contributed by atoms with Crippen molar-refractivity contribution in [2.45, 2.75) is 45.1 Å². The van der Waals surface area contributed by atoms with Gasteiger partial charge in [0.1, 0.15) is 0 Å². The molecule has 0 radical (unpaired) electrons. The average Bonchev–Trinajstić information content (AvgIpc) is 2.45. The zero-order valence-corrected chi connectivity index (χ0v) is 11.8. The summed E-state index contributed by atoms with van der Waals surface area (Å²) < 4.78 is 5.58. The highest BCUT2D eigenvalue weighted by molar-refractivity contribution is 5.27. The van der Waals surface area contributed by atoms with Crippen LogP contribution >= 0.6 is 0 Å². The molecule has 0 bridgehead atoms. The van der Waals surface area contributed by atoms with E-state index in [1.54, 1.807) is 0 Å². The maximum atomic E-state index is 5.76. The van der Waals surface area contributed by atoms with E-state index >= 15 is 0 Å². The molecule has 1 atom stereocenters. The number of hydrazine groups is 1. The lowest BCUT2D eigenvalue weighted by Crippen LogP contribution is -2.53. The fourth-order valence-electron chi connectivity index (χ4n) is 2.73. The van der Waals surface area contributed by atoms with E-state index in [-0.39, 0.29) is 11.5 Å². The molecule has 102 valence electrons. The fourth-order valence-corrected chi connectivity index (χ4v) is 2.73. The molecule has 0 aliphatic heterocycles. The molecule has 0 spiro atoms. The highest BCUT2D eigenvalue weighted by Crippen LogP contribution is 2.35. The van der Waals surface area contributed by atoms with Crippen molar-refractivity contribution in [2.75, 3.05) is 13.2 Å². The van der Waals surface area contributed by atoms with E-state index in [1.165, 1.54) is 5.56 Å². The molecular weight excluding hydrogens is 224 g/mol. The van der Waals surface area contributed by atoms with E-state index in [0.29, 0.717) is 6.61 Å². The van der Waals surface area contributed by atoms with Gasteiger partial charge in [0.25, 0.3) is 0 Å². The topological polar surface area (TPSA) is 47.3 Å². The van der Waals surface area contributed by atoms with Crippen molar-refractivity contribution in [1.82, 2.24) is 5.43 Å².